The first kappa shape index (κ1) is 14.7. The van der Waals surface area contributed by atoms with Crippen molar-refractivity contribution in [3.05, 3.63) is 34.3 Å². The average Bonchev–Trinajstić information content (AvgIpc) is 2.94. The maximum atomic E-state index is 10.6. The standard InChI is InChI=1S/C14H18N2O3S/c1-4-5-11-14(20-16-15-11)13(17)10-8-9(18-2)6-7-12(10)19-3/h6-8,13,17H,4-5H2,1-3H3. The molecule has 0 saturated carbocycles. The van der Waals surface area contributed by atoms with Crippen molar-refractivity contribution < 1.29 is 14.6 Å². The van der Waals surface area contributed by atoms with E-state index in [4.69, 9.17) is 9.47 Å². The first-order chi connectivity index (χ1) is 9.71. The third-order valence-electron chi connectivity index (χ3n) is 3.05. The van der Waals surface area contributed by atoms with Crippen molar-refractivity contribution >= 4 is 11.5 Å². The van der Waals surface area contributed by atoms with Gasteiger partial charge in [0.25, 0.3) is 0 Å². The second kappa shape index (κ2) is 6.67. The number of aromatic nitrogens is 2. The minimum absolute atomic E-state index is 0.620. The van der Waals surface area contributed by atoms with Crippen LogP contribution >= 0.6 is 11.5 Å². The summed E-state index contributed by atoms with van der Waals surface area (Å²) in [6.07, 6.45) is 0.955. The summed E-state index contributed by atoms with van der Waals surface area (Å²) in [5.74, 6) is 1.29. The highest BCUT2D eigenvalue weighted by Crippen LogP contribution is 2.35. The number of rotatable bonds is 6. The summed E-state index contributed by atoms with van der Waals surface area (Å²) >= 11 is 1.22. The minimum atomic E-state index is -0.804. The van der Waals surface area contributed by atoms with Crippen LogP contribution in [0.15, 0.2) is 18.2 Å². The van der Waals surface area contributed by atoms with E-state index in [-0.39, 0.29) is 0 Å². The average molecular weight is 294 g/mol. The molecule has 5 nitrogen and oxygen atoms in total. The van der Waals surface area contributed by atoms with Crippen molar-refractivity contribution in [1.29, 1.82) is 0 Å². The van der Waals surface area contributed by atoms with Gasteiger partial charge < -0.3 is 14.6 Å². The van der Waals surface area contributed by atoms with Gasteiger partial charge in [0.2, 0.25) is 0 Å². The Labute approximate surface area is 122 Å². The third kappa shape index (κ3) is 2.91. The molecule has 0 radical (unpaired) electrons. The lowest BCUT2D eigenvalue weighted by atomic mass is 10.0. The molecule has 1 heterocycles. The van der Waals surface area contributed by atoms with Crippen LogP contribution in [0.25, 0.3) is 0 Å². The van der Waals surface area contributed by atoms with Gasteiger partial charge in [-0.3, -0.25) is 0 Å². The summed E-state index contributed by atoms with van der Waals surface area (Å²) in [5.41, 5.74) is 1.50. The van der Waals surface area contributed by atoms with Gasteiger partial charge >= 0.3 is 0 Å². The lowest BCUT2D eigenvalue weighted by Gasteiger charge is -2.15. The number of ether oxygens (including phenoxy) is 2. The molecule has 1 aromatic carbocycles. The zero-order valence-electron chi connectivity index (χ0n) is 11.8. The molecule has 0 amide bonds. The molecule has 0 spiro atoms. The Balaban J connectivity index is 2.41. The number of benzene rings is 1. The zero-order valence-corrected chi connectivity index (χ0v) is 12.6. The number of aliphatic hydroxyl groups excluding tert-OH is 1. The minimum Gasteiger partial charge on any atom is -0.497 e. The van der Waals surface area contributed by atoms with Crippen molar-refractivity contribution in [1.82, 2.24) is 9.59 Å². The highest BCUT2D eigenvalue weighted by molar-refractivity contribution is 7.05. The molecule has 0 aliphatic heterocycles. The Kier molecular flexibility index (Phi) is 4.92. The molecule has 0 saturated heterocycles. The second-order valence-electron chi connectivity index (χ2n) is 4.34. The molecule has 0 aliphatic carbocycles. The molecule has 1 N–H and O–H groups in total. The Morgan fingerprint density at radius 1 is 1.30 bits per heavy atom. The number of hydrogen-bond acceptors (Lipinski definition) is 6. The quantitative estimate of drug-likeness (QED) is 0.887. The van der Waals surface area contributed by atoms with Gasteiger partial charge in [-0.1, -0.05) is 17.8 Å². The van der Waals surface area contributed by atoms with E-state index in [0.29, 0.717) is 17.1 Å². The van der Waals surface area contributed by atoms with E-state index in [2.05, 4.69) is 16.5 Å². The predicted octanol–water partition coefficient (Wildman–Crippen LogP) is 2.59. The normalized spacial score (nSPS) is 12.2. The SMILES string of the molecule is CCCc1nnsc1C(O)c1cc(OC)ccc1OC. The molecular weight excluding hydrogens is 276 g/mol. The first-order valence-corrected chi connectivity index (χ1v) is 7.19. The Hall–Kier alpha value is -1.66. The fourth-order valence-corrected chi connectivity index (χ4v) is 2.73. The van der Waals surface area contributed by atoms with Crippen molar-refractivity contribution in [2.24, 2.45) is 0 Å². The third-order valence-corrected chi connectivity index (χ3v) is 3.87. The van der Waals surface area contributed by atoms with Crippen molar-refractivity contribution in [3.63, 3.8) is 0 Å². The number of aliphatic hydroxyl groups is 1. The fourth-order valence-electron chi connectivity index (χ4n) is 2.03. The van der Waals surface area contributed by atoms with Gasteiger partial charge in [0.1, 0.15) is 17.6 Å². The van der Waals surface area contributed by atoms with Gasteiger partial charge in [0, 0.05) is 5.56 Å². The van der Waals surface area contributed by atoms with E-state index < -0.39 is 6.10 Å². The van der Waals surface area contributed by atoms with Crippen LogP contribution in [0, 0.1) is 0 Å². The maximum Gasteiger partial charge on any atom is 0.125 e. The van der Waals surface area contributed by atoms with Crippen LogP contribution in [0.2, 0.25) is 0 Å². The molecule has 108 valence electrons. The molecule has 1 atom stereocenters. The summed E-state index contributed by atoms with van der Waals surface area (Å²) in [4.78, 5) is 0.762. The monoisotopic (exact) mass is 294 g/mol. The number of hydrogen-bond donors (Lipinski definition) is 1. The van der Waals surface area contributed by atoms with Crippen LogP contribution in [0.1, 0.15) is 35.6 Å². The van der Waals surface area contributed by atoms with Gasteiger partial charge in [0.15, 0.2) is 0 Å². The van der Waals surface area contributed by atoms with E-state index in [1.165, 1.54) is 11.5 Å². The summed E-state index contributed by atoms with van der Waals surface area (Å²) in [7, 11) is 3.17. The maximum absolute atomic E-state index is 10.6. The Morgan fingerprint density at radius 3 is 2.75 bits per heavy atom. The van der Waals surface area contributed by atoms with E-state index in [1.54, 1.807) is 32.4 Å². The lowest BCUT2D eigenvalue weighted by Crippen LogP contribution is -2.04. The number of aryl methyl sites for hydroxylation is 1. The molecule has 6 heteroatoms. The van der Waals surface area contributed by atoms with Gasteiger partial charge in [0.05, 0.1) is 24.8 Å². The van der Waals surface area contributed by atoms with Crippen LogP contribution in [0.5, 0.6) is 11.5 Å². The first-order valence-electron chi connectivity index (χ1n) is 6.42. The van der Waals surface area contributed by atoms with E-state index in [1.807, 2.05) is 0 Å². The van der Waals surface area contributed by atoms with Crippen molar-refractivity contribution in [3.8, 4) is 11.5 Å². The van der Waals surface area contributed by atoms with Gasteiger partial charge in [-0.25, -0.2) is 0 Å². The highest BCUT2D eigenvalue weighted by Gasteiger charge is 2.22. The molecule has 0 bridgehead atoms. The summed E-state index contributed by atoms with van der Waals surface area (Å²) in [6.45, 7) is 2.07. The number of methoxy groups -OCH3 is 2. The topological polar surface area (TPSA) is 64.5 Å². The van der Waals surface area contributed by atoms with Crippen LogP contribution in [0.3, 0.4) is 0 Å². The summed E-state index contributed by atoms with van der Waals surface area (Å²) in [6, 6.07) is 5.36. The molecular formula is C14H18N2O3S. The van der Waals surface area contributed by atoms with Crippen molar-refractivity contribution in [2.75, 3.05) is 14.2 Å². The smallest absolute Gasteiger partial charge is 0.125 e. The van der Waals surface area contributed by atoms with E-state index in [9.17, 15) is 5.11 Å². The predicted molar refractivity (Wildman–Crippen MR) is 77.5 cm³/mol. The Morgan fingerprint density at radius 2 is 2.10 bits per heavy atom. The number of nitrogens with zero attached hydrogens (tertiary/aromatic N) is 2. The largest absolute Gasteiger partial charge is 0.497 e. The van der Waals surface area contributed by atoms with E-state index in [0.717, 1.165) is 23.4 Å². The second-order valence-corrected chi connectivity index (χ2v) is 5.13. The summed E-state index contributed by atoms with van der Waals surface area (Å²) in [5, 5.41) is 14.7. The molecule has 1 unspecified atom stereocenters. The van der Waals surface area contributed by atoms with Crippen LogP contribution in [-0.4, -0.2) is 28.9 Å². The molecule has 0 aliphatic rings. The lowest BCUT2D eigenvalue weighted by molar-refractivity contribution is 0.216. The van der Waals surface area contributed by atoms with Gasteiger partial charge in [-0.2, -0.15) is 0 Å². The van der Waals surface area contributed by atoms with Crippen LogP contribution in [-0.2, 0) is 6.42 Å². The molecule has 2 aromatic rings. The van der Waals surface area contributed by atoms with Crippen LogP contribution in [0.4, 0.5) is 0 Å². The summed E-state index contributed by atoms with van der Waals surface area (Å²) < 4.78 is 14.5. The zero-order chi connectivity index (χ0) is 14.5. The van der Waals surface area contributed by atoms with Crippen LogP contribution < -0.4 is 9.47 Å². The highest BCUT2D eigenvalue weighted by atomic mass is 32.1. The molecule has 0 fully saturated rings. The van der Waals surface area contributed by atoms with Gasteiger partial charge in [-0.05, 0) is 36.2 Å². The molecule has 20 heavy (non-hydrogen) atoms. The molecule has 1 aromatic heterocycles. The van der Waals surface area contributed by atoms with Crippen molar-refractivity contribution in [2.45, 2.75) is 25.9 Å². The van der Waals surface area contributed by atoms with Gasteiger partial charge in [-0.15, -0.1) is 5.10 Å². The fraction of sp³-hybridized carbons (Fsp3) is 0.429. The van der Waals surface area contributed by atoms with E-state index >= 15 is 0 Å². The molecule has 2 rings (SSSR count). The Bertz CT molecular complexity index is 571.